The summed E-state index contributed by atoms with van der Waals surface area (Å²) < 4.78 is 5.25. The second-order valence-electron chi connectivity index (χ2n) is 5.35. The van der Waals surface area contributed by atoms with Crippen LogP contribution in [0.15, 0.2) is 67.0 Å². The highest BCUT2D eigenvalue weighted by atomic mass is 16.5. The molecule has 7 nitrogen and oxygen atoms in total. The lowest BCUT2D eigenvalue weighted by molar-refractivity contribution is 0.246. The number of methoxy groups -OCH3 is 1. The van der Waals surface area contributed by atoms with Crippen molar-refractivity contribution in [3.8, 4) is 5.75 Å². The van der Waals surface area contributed by atoms with Gasteiger partial charge in [0, 0.05) is 0 Å². The number of hydrogen-bond donors (Lipinski definition) is 2. The van der Waals surface area contributed by atoms with Gasteiger partial charge in [-0.05, 0) is 17.7 Å². The van der Waals surface area contributed by atoms with Crippen LogP contribution in [0.1, 0.15) is 11.6 Å². The average molecular weight is 337 g/mol. The second-order valence-corrected chi connectivity index (χ2v) is 5.35. The smallest absolute Gasteiger partial charge is 0.319 e. The van der Waals surface area contributed by atoms with Gasteiger partial charge in [0.15, 0.2) is 0 Å². The van der Waals surface area contributed by atoms with Crippen molar-refractivity contribution in [2.45, 2.75) is 12.6 Å². The van der Waals surface area contributed by atoms with E-state index in [-0.39, 0.29) is 12.1 Å². The number of urea groups is 1. The van der Waals surface area contributed by atoms with Crippen molar-refractivity contribution in [3.63, 3.8) is 0 Å². The normalized spacial score (nSPS) is 11.6. The van der Waals surface area contributed by atoms with Crippen molar-refractivity contribution in [3.05, 3.63) is 72.6 Å². The maximum Gasteiger partial charge on any atom is 0.319 e. The summed E-state index contributed by atoms with van der Waals surface area (Å²) >= 11 is 0. The number of ether oxygens (including phenoxy) is 1. The minimum absolute atomic E-state index is 0.275. The number of aromatic nitrogens is 3. The van der Waals surface area contributed by atoms with E-state index in [4.69, 9.17) is 4.74 Å². The van der Waals surface area contributed by atoms with Crippen LogP contribution in [0.5, 0.6) is 5.75 Å². The topological polar surface area (TPSA) is 81.1 Å². The summed E-state index contributed by atoms with van der Waals surface area (Å²) in [5.41, 5.74) is 1.57. The highest BCUT2D eigenvalue weighted by Gasteiger charge is 2.17. The largest absolute Gasteiger partial charge is 0.495 e. The van der Waals surface area contributed by atoms with Gasteiger partial charge in [-0.25, -0.2) is 4.79 Å². The third-order valence-electron chi connectivity index (χ3n) is 3.67. The predicted molar refractivity (Wildman–Crippen MR) is 94.4 cm³/mol. The molecule has 3 rings (SSSR count). The molecule has 0 aliphatic rings. The molecule has 25 heavy (non-hydrogen) atoms. The van der Waals surface area contributed by atoms with Crippen molar-refractivity contribution < 1.29 is 9.53 Å². The van der Waals surface area contributed by atoms with Crippen LogP contribution in [0.3, 0.4) is 0 Å². The molecular weight excluding hydrogens is 318 g/mol. The Kier molecular flexibility index (Phi) is 5.26. The molecule has 1 heterocycles. The van der Waals surface area contributed by atoms with E-state index in [1.54, 1.807) is 36.4 Å². The Balaban J connectivity index is 1.74. The first kappa shape index (κ1) is 16.5. The third kappa shape index (κ3) is 4.35. The van der Waals surface area contributed by atoms with E-state index >= 15 is 0 Å². The van der Waals surface area contributed by atoms with Gasteiger partial charge in [0.1, 0.15) is 5.75 Å². The number of hydrogen-bond acceptors (Lipinski definition) is 4. The summed E-state index contributed by atoms with van der Waals surface area (Å²) in [6, 6.07) is 16.4. The number of nitrogens with zero attached hydrogens (tertiary/aromatic N) is 3. The minimum atomic E-state index is -0.328. The Morgan fingerprint density at radius 2 is 1.76 bits per heavy atom. The van der Waals surface area contributed by atoms with Gasteiger partial charge in [-0.15, -0.1) is 0 Å². The minimum Gasteiger partial charge on any atom is -0.495 e. The molecular formula is C18H19N5O2. The molecule has 1 atom stereocenters. The predicted octanol–water partition coefficient (Wildman–Crippen LogP) is 2.85. The molecule has 7 heteroatoms. The van der Waals surface area contributed by atoms with E-state index in [0.29, 0.717) is 18.0 Å². The molecule has 128 valence electrons. The van der Waals surface area contributed by atoms with E-state index in [1.807, 2.05) is 42.5 Å². The number of anilines is 1. The summed E-state index contributed by atoms with van der Waals surface area (Å²) in [7, 11) is 1.56. The lowest BCUT2D eigenvalue weighted by Crippen LogP contribution is -2.35. The molecule has 0 aliphatic heterocycles. The van der Waals surface area contributed by atoms with Crippen LogP contribution in [0.2, 0.25) is 0 Å². The van der Waals surface area contributed by atoms with Gasteiger partial charge in [-0.3, -0.25) is 0 Å². The first-order valence-corrected chi connectivity index (χ1v) is 7.86. The zero-order chi connectivity index (χ0) is 17.5. The standard InChI is InChI=1S/C18H19N5O2/c1-25-17-10-6-5-9-15(17)21-18(24)22-16(13-23-19-11-12-20-23)14-7-3-2-4-8-14/h2-12,16H,13H2,1H3,(H2,21,22,24). The summed E-state index contributed by atoms with van der Waals surface area (Å²) in [5, 5.41) is 14.0. The van der Waals surface area contributed by atoms with Crippen molar-refractivity contribution >= 4 is 11.7 Å². The molecule has 0 saturated carbocycles. The third-order valence-corrected chi connectivity index (χ3v) is 3.67. The fourth-order valence-corrected chi connectivity index (χ4v) is 2.49. The number of carbonyl (C=O) groups excluding carboxylic acids is 1. The molecule has 3 aromatic rings. The molecule has 2 amide bonds. The van der Waals surface area contributed by atoms with Gasteiger partial charge in [0.25, 0.3) is 0 Å². The van der Waals surface area contributed by atoms with Crippen molar-refractivity contribution in [1.82, 2.24) is 20.3 Å². The van der Waals surface area contributed by atoms with Crippen molar-refractivity contribution in [1.29, 1.82) is 0 Å². The molecule has 0 fully saturated rings. The van der Waals surface area contributed by atoms with Crippen LogP contribution in [-0.2, 0) is 6.54 Å². The number of benzene rings is 2. The average Bonchev–Trinajstić information content (AvgIpc) is 3.15. The highest BCUT2D eigenvalue weighted by molar-refractivity contribution is 5.91. The first-order chi connectivity index (χ1) is 12.3. The Bertz CT molecular complexity index is 805. The fraction of sp³-hybridized carbons (Fsp3) is 0.167. The number of amides is 2. The Morgan fingerprint density at radius 1 is 1.08 bits per heavy atom. The van der Waals surface area contributed by atoms with E-state index in [0.717, 1.165) is 5.56 Å². The zero-order valence-corrected chi connectivity index (χ0v) is 13.8. The van der Waals surface area contributed by atoms with Crippen LogP contribution in [0.25, 0.3) is 0 Å². The maximum absolute atomic E-state index is 12.5. The maximum atomic E-state index is 12.5. The molecule has 0 bridgehead atoms. The van der Waals surface area contributed by atoms with Gasteiger partial charge in [-0.2, -0.15) is 15.0 Å². The van der Waals surface area contributed by atoms with Crippen LogP contribution < -0.4 is 15.4 Å². The summed E-state index contributed by atoms with van der Waals surface area (Å²) in [5.74, 6) is 0.600. The Labute approximate surface area is 145 Å². The monoisotopic (exact) mass is 337 g/mol. The second kappa shape index (κ2) is 7.96. The summed E-state index contributed by atoms with van der Waals surface area (Å²) in [6.45, 7) is 0.427. The lowest BCUT2D eigenvalue weighted by atomic mass is 10.1. The molecule has 1 aromatic heterocycles. The molecule has 0 aliphatic carbocycles. The summed E-state index contributed by atoms with van der Waals surface area (Å²) in [4.78, 5) is 14.0. The fourth-order valence-electron chi connectivity index (χ4n) is 2.49. The highest BCUT2D eigenvalue weighted by Crippen LogP contribution is 2.23. The molecule has 1 unspecified atom stereocenters. The van der Waals surface area contributed by atoms with E-state index < -0.39 is 0 Å². The van der Waals surface area contributed by atoms with Crippen LogP contribution >= 0.6 is 0 Å². The van der Waals surface area contributed by atoms with Gasteiger partial charge in [-0.1, -0.05) is 42.5 Å². The van der Waals surface area contributed by atoms with Gasteiger partial charge in [0.2, 0.25) is 0 Å². The molecule has 0 spiro atoms. The van der Waals surface area contributed by atoms with E-state index in [1.165, 1.54) is 0 Å². The van der Waals surface area contributed by atoms with Gasteiger partial charge < -0.3 is 15.4 Å². The number of para-hydroxylation sites is 2. The van der Waals surface area contributed by atoms with E-state index in [9.17, 15) is 4.79 Å². The van der Waals surface area contributed by atoms with Crippen LogP contribution in [0.4, 0.5) is 10.5 Å². The SMILES string of the molecule is COc1ccccc1NC(=O)NC(Cn1nccn1)c1ccccc1. The van der Waals surface area contributed by atoms with Gasteiger partial charge in [0.05, 0.1) is 37.8 Å². The number of carbonyl (C=O) groups is 1. The van der Waals surface area contributed by atoms with E-state index in [2.05, 4.69) is 20.8 Å². The summed E-state index contributed by atoms with van der Waals surface area (Å²) in [6.07, 6.45) is 3.22. The molecule has 0 saturated heterocycles. The van der Waals surface area contributed by atoms with Crippen LogP contribution in [0, 0.1) is 0 Å². The molecule has 2 N–H and O–H groups in total. The number of rotatable bonds is 6. The number of nitrogens with one attached hydrogen (secondary N) is 2. The quantitative estimate of drug-likeness (QED) is 0.725. The van der Waals surface area contributed by atoms with Crippen LogP contribution in [-0.4, -0.2) is 28.1 Å². The Morgan fingerprint density at radius 3 is 2.48 bits per heavy atom. The lowest BCUT2D eigenvalue weighted by Gasteiger charge is -2.19. The Hall–Kier alpha value is -3.35. The van der Waals surface area contributed by atoms with Crippen molar-refractivity contribution in [2.75, 3.05) is 12.4 Å². The first-order valence-electron chi connectivity index (χ1n) is 7.86. The molecule has 2 aromatic carbocycles. The van der Waals surface area contributed by atoms with Gasteiger partial charge >= 0.3 is 6.03 Å². The molecule has 0 radical (unpaired) electrons. The van der Waals surface area contributed by atoms with Crippen molar-refractivity contribution in [2.24, 2.45) is 0 Å². The zero-order valence-electron chi connectivity index (χ0n) is 13.8.